The maximum absolute atomic E-state index is 3.45. The van der Waals surface area contributed by atoms with Crippen LogP contribution in [0.15, 0.2) is 17.5 Å². The lowest BCUT2D eigenvalue weighted by molar-refractivity contribution is 0.204. The average molecular weight is 224 g/mol. The van der Waals surface area contributed by atoms with Crippen molar-refractivity contribution in [2.45, 2.75) is 19.9 Å². The lowest BCUT2D eigenvalue weighted by atomic mass is 9.89. The Kier molecular flexibility index (Phi) is 3.44. The first-order chi connectivity index (χ1) is 7.18. The van der Waals surface area contributed by atoms with Gasteiger partial charge < -0.3 is 10.2 Å². The number of hydrogen-bond donors (Lipinski definition) is 1. The third-order valence-corrected chi connectivity index (χ3v) is 3.98. The molecule has 0 saturated carbocycles. The highest BCUT2D eigenvalue weighted by molar-refractivity contribution is 7.09. The van der Waals surface area contributed by atoms with Crippen molar-refractivity contribution in [3.8, 4) is 0 Å². The van der Waals surface area contributed by atoms with E-state index in [9.17, 15) is 0 Å². The van der Waals surface area contributed by atoms with Gasteiger partial charge in [-0.25, -0.2) is 0 Å². The number of hydrogen-bond acceptors (Lipinski definition) is 3. The van der Waals surface area contributed by atoms with E-state index in [0.29, 0.717) is 5.41 Å². The second-order valence-electron chi connectivity index (χ2n) is 4.99. The van der Waals surface area contributed by atoms with Gasteiger partial charge in [-0.3, -0.25) is 0 Å². The first-order valence-corrected chi connectivity index (χ1v) is 6.48. The molecule has 84 valence electrons. The third-order valence-electron chi connectivity index (χ3n) is 3.11. The maximum atomic E-state index is 3.45. The topological polar surface area (TPSA) is 15.3 Å². The minimum atomic E-state index is 0.478. The molecule has 0 radical (unpaired) electrons. The summed E-state index contributed by atoms with van der Waals surface area (Å²) >= 11 is 1.85. The predicted octanol–water partition coefficient (Wildman–Crippen LogP) is 2.18. The Balaban J connectivity index is 1.84. The van der Waals surface area contributed by atoms with Crippen molar-refractivity contribution in [1.82, 2.24) is 10.2 Å². The molecule has 0 bridgehead atoms. The summed E-state index contributed by atoms with van der Waals surface area (Å²) in [4.78, 5) is 3.91. The van der Waals surface area contributed by atoms with Crippen LogP contribution < -0.4 is 5.32 Å². The molecule has 1 aromatic rings. The molecule has 2 heterocycles. The first-order valence-electron chi connectivity index (χ1n) is 5.60. The number of rotatable bonds is 4. The summed E-state index contributed by atoms with van der Waals surface area (Å²) in [5.74, 6) is 0. The van der Waals surface area contributed by atoms with Gasteiger partial charge in [0.25, 0.3) is 0 Å². The lowest BCUT2D eigenvalue weighted by Gasteiger charge is -2.28. The van der Waals surface area contributed by atoms with E-state index >= 15 is 0 Å². The highest BCUT2D eigenvalue weighted by Gasteiger charge is 2.29. The quantitative estimate of drug-likeness (QED) is 0.843. The van der Waals surface area contributed by atoms with Crippen molar-refractivity contribution >= 4 is 11.3 Å². The van der Waals surface area contributed by atoms with E-state index in [4.69, 9.17) is 0 Å². The molecule has 3 heteroatoms. The molecule has 1 aliphatic heterocycles. The van der Waals surface area contributed by atoms with Gasteiger partial charge in [0.2, 0.25) is 0 Å². The standard InChI is InChI=1S/C12H20N2S/c1-12(5-6-13-9-12)10-14(2)8-11-4-3-7-15-11/h3-4,7,13H,5-6,8-10H2,1-2H3. The molecular formula is C12H20N2S. The predicted molar refractivity (Wildman–Crippen MR) is 66.2 cm³/mol. The molecule has 1 atom stereocenters. The summed E-state index contributed by atoms with van der Waals surface area (Å²) in [7, 11) is 2.23. The molecule has 0 aromatic carbocycles. The summed E-state index contributed by atoms with van der Waals surface area (Å²) in [5.41, 5.74) is 0.478. The van der Waals surface area contributed by atoms with Gasteiger partial charge in [-0.2, -0.15) is 0 Å². The van der Waals surface area contributed by atoms with E-state index in [1.807, 2.05) is 11.3 Å². The fraction of sp³-hybridized carbons (Fsp3) is 0.667. The minimum Gasteiger partial charge on any atom is -0.316 e. The first kappa shape index (κ1) is 11.1. The van der Waals surface area contributed by atoms with Crippen LogP contribution in [0.2, 0.25) is 0 Å². The van der Waals surface area contributed by atoms with E-state index in [1.54, 1.807) is 0 Å². The molecule has 15 heavy (non-hydrogen) atoms. The SMILES string of the molecule is CN(Cc1cccs1)CC1(C)CCNC1. The Labute approximate surface area is 96.3 Å². The van der Waals surface area contributed by atoms with Crippen molar-refractivity contribution in [1.29, 1.82) is 0 Å². The fourth-order valence-electron chi connectivity index (χ4n) is 2.38. The zero-order valence-electron chi connectivity index (χ0n) is 9.62. The molecule has 0 amide bonds. The summed E-state index contributed by atoms with van der Waals surface area (Å²) in [5, 5.41) is 5.61. The molecule has 1 aliphatic rings. The van der Waals surface area contributed by atoms with Gasteiger partial charge >= 0.3 is 0 Å². The zero-order valence-corrected chi connectivity index (χ0v) is 10.4. The van der Waals surface area contributed by atoms with Crippen LogP contribution in [0.1, 0.15) is 18.2 Å². The van der Waals surface area contributed by atoms with Crippen LogP contribution in [0, 0.1) is 5.41 Å². The molecule has 1 fully saturated rings. The van der Waals surface area contributed by atoms with Crippen LogP contribution in [-0.2, 0) is 6.54 Å². The molecule has 1 saturated heterocycles. The third kappa shape index (κ3) is 3.03. The highest BCUT2D eigenvalue weighted by atomic mass is 32.1. The molecule has 1 unspecified atom stereocenters. The Hall–Kier alpha value is -0.380. The fourth-order valence-corrected chi connectivity index (χ4v) is 3.16. The van der Waals surface area contributed by atoms with Gasteiger partial charge in [0, 0.05) is 24.5 Å². The zero-order chi connectivity index (χ0) is 10.7. The van der Waals surface area contributed by atoms with E-state index in [1.165, 1.54) is 30.9 Å². The summed E-state index contributed by atoms with van der Waals surface area (Å²) in [6, 6.07) is 4.35. The Morgan fingerprint density at radius 2 is 2.47 bits per heavy atom. The van der Waals surface area contributed by atoms with Gasteiger partial charge in [-0.15, -0.1) is 11.3 Å². The number of nitrogens with zero attached hydrogens (tertiary/aromatic N) is 1. The molecule has 1 N–H and O–H groups in total. The van der Waals surface area contributed by atoms with Gasteiger partial charge in [0.15, 0.2) is 0 Å². The molecule has 2 rings (SSSR count). The van der Waals surface area contributed by atoms with E-state index in [-0.39, 0.29) is 0 Å². The number of nitrogens with one attached hydrogen (secondary N) is 1. The van der Waals surface area contributed by atoms with Gasteiger partial charge in [-0.05, 0) is 36.9 Å². The lowest BCUT2D eigenvalue weighted by Crippen LogP contribution is -2.34. The van der Waals surface area contributed by atoms with Crippen molar-refractivity contribution in [3.63, 3.8) is 0 Å². The molecule has 1 aromatic heterocycles. The largest absolute Gasteiger partial charge is 0.316 e. The molecule has 2 nitrogen and oxygen atoms in total. The maximum Gasteiger partial charge on any atom is 0.0325 e. The second-order valence-corrected chi connectivity index (χ2v) is 6.02. The summed E-state index contributed by atoms with van der Waals surface area (Å²) in [6.07, 6.45) is 1.31. The molecule has 0 spiro atoms. The Morgan fingerprint density at radius 3 is 3.07 bits per heavy atom. The van der Waals surface area contributed by atoms with Crippen molar-refractivity contribution in [2.24, 2.45) is 5.41 Å². The van der Waals surface area contributed by atoms with Gasteiger partial charge in [0.1, 0.15) is 0 Å². The number of thiophene rings is 1. The van der Waals surface area contributed by atoms with Crippen LogP contribution in [0.25, 0.3) is 0 Å². The second kappa shape index (κ2) is 4.64. The molecule has 0 aliphatic carbocycles. The van der Waals surface area contributed by atoms with Crippen molar-refractivity contribution in [3.05, 3.63) is 22.4 Å². The van der Waals surface area contributed by atoms with E-state index in [2.05, 4.69) is 41.7 Å². The van der Waals surface area contributed by atoms with Crippen LogP contribution >= 0.6 is 11.3 Å². The summed E-state index contributed by atoms with van der Waals surface area (Å²) in [6.45, 7) is 7.02. The normalized spacial score (nSPS) is 26.3. The Morgan fingerprint density at radius 1 is 1.60 bits per heavy atom. The van der Waals surface area contributed by atoms with Crippen molar-refractivity contribution < 1.29 is 0 Å². The monoisotopic (exact) mass is 224 g/mol. The van der Waals surface area contributed by atoms with Crippen LogP contribution in [-0.4, -0.2) is 31.6 Å². The van der Waals surface area contributed by atoms with E-state index in [0.717, 1.165) is 6.54 Å². The average Bonchev–Trinajstić information content (AvgIpc) is 2.76. The smallest absolute Gasteiger partial charge is 0.0325 e. The van der Waals surface area contributed by atoms with Crippen LogP contribution in [0.5, 0.6) is 0 Å². The van der Waals surface area contributed by atoms with Crippen LogP contribution in [0.4, 0.5) is 0 Å². The van der Waals surface area contributed by atoms with Gasteiger partial charge in [-0.1, -0.05) is 13.0 Å². The molecular weight excluding hydrogens is 204 g/mol. The van der Waals surface area contributed by atoms with Crippen LogP contribution in [0.3, 0.4) is 0 Å². The highest BCUT2D eigenvalue weighted by Crippen LogP contribution is 2.26. The van der Waals surface area contributed by atoms with E-state index < -0.39 is 0 Å². The van der Waals surface area contributed by atoms with Crippen molar-refractivity contribution in [2.75, 3.05) is 26.7 Å². The Bertz CT molecular complexity index is 289. The van der Waals surface area contributed by atoms with Gasteiger partial charge in [0.05, 0.1) is 0 Å². The minimum absolute atomic E-state index is 0.478. The summed E-state index contributed by atoms with van der Waals surface area (Å²) < 4.78 is 0.